The largest absolute Gasteiger partial charge is 0.371 e. The average molecular weight is 245 g/mol. The van der Waals surface area contributed by atoms with Gasteiger partial charge >= 0.3 is 0 Å². The third kappa shape index (κ3) is 1.88. The normalized spacial score (nSPS) is 34.9. The van der Waals surface area contributed by atoms with Crippen LogP contribution >= 0.6 is 0 Å². The van der Waals surface area contributed by atoms with Gasteiger partial charge in [-0.2, -0.15) is 0 Å². The van der Waals surface area contributed by atoms with E-state index in [1.54, 1.807) is 0 Å². The Morgan fingerprint density at radius 2 is 2.11 bits per heavy atom. The van der Waals surface area contributed by atoms with Crippen molar-refractivity contribution >= 4 is 6.29 Å². The number of likely N-dealkylation sites (tertiary alicyclic amines) is 1. The summed E-state index contributed by atoms with van der Waals surface area (Å²) in [4.78, 5) is 13.4. The summed E-state index contributed by atoms with van der Waals surface area (Å²) in [5, 5.41) is 0. The molecule has 1 saturated heterocycles. The molecule has 2 unspecified atom stereocenters. The van der Waals surface area contributed by atoms with Crippen LogP contribution in [0.5, 0.6) is 0 Å². The highest BCUT2D eigenvalue weighted by Gasteiger charge is 2.52. The topological polar surface area (TPSA) is 29.5 Å². The van der Waals surface area contributed by atoms with Crippen LogP contribution in [0.25, 0.3) is 0 Å². The van der Waals surface area contributed by atoms with E-state index in [0.29, 0.717) is 18.6 Å². The Balaban J connectivity index is 1.66. The van der Waals surface area contributed by atoms with Crippen LogP contribution in [0.4, 0.5) is 0 Å². The lowest BCUT2D eigenvalue weighted by molar-refractivity contribution is -0.115. The molecule has 0 N–H and O–H groups in total. The molecule has 0 radical (unpaired) electrons. The van der Waals surface area contributed by atoms with Gasteiger partial charge in [-0.1, -0.05) is 30.3 Å². The Bertz CT molecular complexity index is 420. The molecule has 1 saturated carbocycles. The van der Waals surface area contributed by atoms with E-state index in [0.717, 1.165) is 6.29 Å². The maximum absolute atomic E-state index is 11.2. The number of hydrogen-bond donors (Lipinski definition) is 0. The van der Waals surface area contributed by atoms with Gasteiger partial charge in [0.1, 0.15) is 6.29 Å². The van der Waals surface area contributed by atoms with Crippen LogP contribution in [-0.2, 0) is 16.1 Å². The molecule has 1 aliphatic heterocycles. The first-order chi connectivity index (χ1) is 8.81. The molecule has 2 aliphatic rings. The van der Waals surface area contributed by atoms with Gasteiger partial charge in [0.2, 0.25) is 0 Å². The van der Waals surface area contributed by atoms with E-state index in [2.05, 4.69) is 17.0 Å². The Kier molecular flexibility index (Phi) is 3.18. The number of ether oxygens (including phenoxy) is 1. The summed E-state index contributed by atoms with van der Waals surface area (Å²) >= 11 is 0. The summed E-state index contributed by atoms with van der Waals surface area (Å²) < 4.78 is 6.02. The molecule has 1 aromatic rings. The van der Waals surface area contributed by atoms with Crippen molar-refractivity contribution in [3.63, 3.8) is 0 Å². The minimum Gasteiger partial charge on any atom is -0.371 e. The number of likely N-dealkylation sites (N-methyl/N-ethyl adjacent to an activating group) is 1. The lowest BCUT2D eigenvalue weighted by atomic mass is 9.78. The van der Waals surface area contributed by atoms with Crippen molar-refractivity contribution in [2.45, 2.75) is 37.6 Å². The van der Waals surface area contributed by atoms with E-state index < -0.39 is 0 Å². The Hall–Kier alpha value is -1.19. The number of hydrogen-bond acceptors (Lipinski definition) is 3. The van der Waals surface area contributed by atoms with Gasteiger partial charge in [0.25, 0.3) is 0 Å². The molecule has 1 aliphatic carbocycles. The Morgan fingerprint density at radius 3 is 2.72 bits per heavy atom. The van der Waals surface area contributed by atoms with Crippen molar-refractivity contribution in [1.82, 2.24) is 4.90 Å². The summed E-state index contributed by atoms with van der Waals surface area (Å²) in [7, 11) is 2.04. The molecule has 1 aromatic carbocycles. The van der Waals surface area contributed by atoms with E-state index >= 15 is 0 Å². The number of rotatable bonds is 4. The molecule has 0 spiro atoms. The highest BCUT2D eigenvalue weighted by molar-refractivity contribution is 5.60. The van der Waals surface area contributed by atoms with E-state index in [4.69, 9.17) is 4.74 Å². The monoisotopic (exact) mass is 245 g/mol. The fraction of sp³-hybridized carbons (Fsp3) is 0.533. The highest BCUT2D eigenvalue weighted by atomic mass is 16.5. The van der Waals surface area contributed by atoms with Crippen molar-refractivity contribution in [3.8, 4) is 0 Å². The number of aldehydes is 1. The minimum atomic E-state index is -0.0637. The van der Waals surface area contributed by atoms with Crippen molar-refractivity contribution < 1.29 is 9.53 Å². The SMILES string of the molecule is CN1C(C=O)C(OCc2ccccc2)[C@H]2CC[C@H]21. The third-order valence-corrected chi connectivity index (χ3v) is 4.47. The molecule has 96 valence electrons. The molecule has 3 nitrogen and oxygen atoms in total. The molecular weight excluding hydrogens is 226 g/mol. The summed E-state index contributed by atoms with van der Waals surface area (Å²) in [5.41, 5.74) is 1.17. The Labute approximate surface area is 108 Å². The van der Waals surface area contributed by atoms with Gasteiger partial charge in [-0.25, -0.2) is 0 Å². The van der Waals surface area contributed by atoms with E-state index in [9.17, 15) is 4.79 Å². The van der Waals surface area contributed by atoms with Gasteiger partial charge in [-0.05, 0) is 25.5 Å². The number of nitrogens with zero attached hydrogens (tertiary/aromatic N) is 1. The first-order valence-corrected chi connectivity index (χ1v) is 6.64. The molecule has 4 atom stereocenters. The lowest BCUT2D eigenvalue weighted by Crippen LogP contribution is -2.39. The summed E-state index contributed by atoms with van der Waals surface area (Å²) in [5.74, 6) is 0.550. The van der Waals surface area contributed by atoms with E-state index in [-0.39, 0.29) is 12.1 Å². The predicted octanol–water partition coefficient (Wildman–Crippen LogP) is 1.86. The fourth-order valence-corrected chi connectivity index (χ4v) is 3.27. The molecule has 3 heteroatoms. The zero-order valence-electron chi connectivity index (χ0n) is 10.7. The smallest absolute Gasteiger partial charge is 0.139 e. The van der Waals surface area contributed by atoms with Gasteiger partial charge in [-0.3, -0.25) is 4.90 Å². The molecule has 2 fully saturated rings. The van der Waals surface area contributed by atoms with E-state index in [1.165, 1.54) is 18.4 Å². The van der Waals surface area contributed by atoms with Crippen molar-refractivity contribution in [1.29, 1.82) is 0 Å². The van der Waals surface area contributed by atoms with Crippen LogP contribution in [0.2, 0.25) is 0 Å². The van der Waals surface area contributed by atoms with Crippen LogP contribution in [0, 0.1) is 5.92 Å². The molecule has 0 bridgehead atoms. The second-order valence-electron chi connectivity index (χ2n) is 5.36. The van der Waals surface area contributed by atoms with Crippen molar-refractivity contribution in [2.75, 3.05) is 7.05 Å². The van der Waals surface area contributed by atoms with Crippen LogP contribution in [-0.4, -0.2) is 36.4 Å². The van der Waals surface area contributed by atoms with E-state index in [1.807, 2.05) is 25.2 Å². The first kappa shape index (κ1) is 11.9. The molecule has 3 rings (SSSR count). The number of benzene rings is 1. The summed E-state index contributed by atoms with van der Waals surface area (Å²) in [6.07, 6.45) is 3.52. The summed E-state index contributed by atoms with van der Waals surface area (Å²) in [6.45, 7) is 0.604. The van der Waals surface area contributed by atoms with Crippen LogP contribution in [0.3, 0.4) is 0 Å². The van der Waals surface area contributed by atoms with Gasteiger partial charge < -0.3 is 9.53 Å². The van der Waals surface area contributed by atoms with Gasteiger partial charge in [0.05, 0.1) is 18.8 Å². The fourth-order valence-electron chi connectivity index (χ4n) is 3.27. The van der Waals surface area contributed by atoms with Crippen LogP contribution in [0.15, 0.2) is 30.3 Å². The van der Waals surface area contributed by atoms with Gasteiger partial charge in [0.15, 0.2) is 0 Å². The van der Waals surface area contributed by atoms with Gasteiger partial charge in [-0.15, -0.1) is 0 Å². The number of carbonyl (C=O) groups is 1. The van der Waals surface area contributed by atoms with Crippen LogP contribution < -0.4 is 0 Å². The van der Waals surface area contributed by atoms with Crippen LogP contribution in [0.1, 0.15) is 18.4 Å². The molecular formula is C15H19NO2. The molecule has 1 heterocycles. The quantitative estimate of drug-likeness (QED) is 0.758. The highest BCUT2D eigenvalue weighted by Crippen LogP contribution is 2.44. The molecule has 0 amide bonds. The van der Waals surface area contributed by atoms with Gasteiger partial charge in [0, 0.05) is 12.0 Å². The zero-order valence-corrected chi connectivity index (χ0v) is 10.7. The standard InChI is InChI=1S/C15H19NO2/c1-16-13-8-7-12(13)15(14(16)9-17)18-10-11-5-3-2-4-6-11/h2-6,9,12-15H,7-8,10H2,1H3/t12-,13+,14?,15?/m0/s1. The third-order valence-electron chi connectivity index (χ3n) is 4.47. The zero-order chi connectivity index (χ0) is 12.5. The second-order valence-corrected chi connectivity index (χ2v) is 5.36. The van der Waals surface area contributed by atoms with Crippen molar-refractivity contribution in [3.05, 3.63) is 35.9 Å². The lowest BCUT2D eigenvalue weighted by Gasteiger charge is -2.35. The number of carbonyl (C=O) groups excluding carboxylic acids is 1. The van der Waals surface area contributed by atoms with Crippen molar-refractivity contribution in [2.24, 2.45) is 5.92 Å². The maximum Gasteiger partial charge on any atom is 0.139 e. The summed E-state index contributed by atoms with van der Waals surface area (Å²) in [6, 6.07) is 10.7. The molecule has 0 aromatic heterocycles. The predicted molar refractivity (Wildman–Crippen MR) is 69.1 cm³/mol. The molecule has 18 heavy (non-hydrogen) atoms. The average Bonchev–Trinajstić information content (AvgIpc) is 2.53. The minimum absolute atomic E-state index is 0.0637. The Morgan fingerprint density at radius 1 is 1.33 bits per heavy atom. The first-order valence-electron chi connectivity index (χ1n) is 6.64. The number of fused-ring (bicyclic) bond motifs is 1. The maximum atomic E-state index is 11.2. The second kappa shape index (κ2) is 4.82.